The third-order valence-corrected chi connectivity index (χ3v) is 3.86. The van der Waals surface area contributed by atoms with Crippen molar-refractivity contribution in [1.29, 1.82) is 0 Å². The molecule has 0 bridgehead atoms. The zero-order valence-electron chi connectivity index (χ0n) is 9.91. The van der Waals surface area contributed by atoms with Crippen molar-refractivity contribution in [2.75, 3.05) is 0 Å². The summed E-state index contributed by atoms with van der Waals surface area (Å²) in [6, 6.07) is 7.39. The summed E-state index contributed by atoms with van der Waals surface area (Å²) < 4.78 is 26.4. The molecule has 0 spiro atoms. The van der Waals surface area contributed by atoms with Crippen LogP contribution in [0.4, 0.5) is 8.78 Å². The van der Waals surface area contributed by atoms with Crippen LogP contribution >= 0.6 is 11.3 Å². The summed E-state index contributed by atoms with van der Waals surface area (Å²) in [4.78, 5) is 2.21. The second kappa shape index (κ2) is 5.56. The van der Waals surface area contributed by atoms with Gasteiger partial charge in [-0.2, -0.15) is 0 Å². The lowest BCUT2D eigenvalue weighted by atomic mass is 10.0. The number of rotatable bonds is 4. The summed E-state index contributed by atoms with van der Waals surface area (Å²) >= 11 is 1.61. The van der Waals surface area contributed by atoms with Gasteiger partial charge in [0.2, 0.25) is 0 Å². The molecular weight excluding hydrogens is 254 g/mol. The van der Waals surface area contributed by atoms with E-state index in [4.69, 9.17) is 5.84 Å². The molecule has 5 heteroatoms. The molecule has 96 valence electrons. The molecule has 1 aromatic carbocycles. The van der Waals surface area contributed by atoms with Gasteiger partial charge in [0.15, 0.2) is 0 Å². The first-order valence-electron chi connectivity index (χ1n) is 5.56. The van der Waals surface area contributed by atoms with Gasteiger partial charge in [-0.3, -0.25) is 11.3 Å². The van der Waals surface area contributed by atoms with Gasteiger partial charge in [0, 0.05) is 15.8 Å². The summed E-state index contributed by atoms with van der Waals surface area (Å²) in [7, 11) is 0. The fraction of sp³-hybridized carbons (Fsp3) is 0.231. The highest BCUT2D eigenvalue weighted by atomic mass is 32.1. The predicted molar refractivity (Wildman–Crippen MR) is 69.2 cm³/mol. The van der Waals surface area contributed by atoms with Crippen LogP contribution in [0.3, 0.4) is 0 Å². The molecule has 2 aromatic rings. The number of hydrazine groups is 1. The Hall–Kier alpha value is -1.30. The molecule has 0 radical (unpaired) electrons. The van der Waals surface area contributed by atoms with Crippen molar-refractivity contribution in [1.82, 2.24) is 5.43 Å². The maximum Gasteiger partial charge on any atom is 0.129 e. The fourth-order valence-electron chi connectivity index (χ4n) is 1.79. The predicted octanol–water partition coefficient (Wildman–Crippen LogP) is 3.08. The van der Waals surface area contributed by atoms with Crippen LogP contribution in [0.25, 0.3) is 0 Å². The first-order valence-corrected chi connectivity index (χ1v) is 6.38. The Labute approximate surface area is 108 Å². The highest BCUT2D eigenvalue weighted by Crippen LogP contribution is 2.26. The molecule has 0 saturated heterocycles. The SMILES string of the molecule is Cc1ccc(C(Cc2ccc(F)cc2F)NN)s1. The first-order chi connectivity index (χ1) is 8.60. The number of thiophene rings is 1. The Morgan fingerprint density at radius 3 is 2.61 bits per heavy atom. The van der Waals surface area contributed by atoms with Crippen LogP contribution in [0, 0.1) is 18.6 Å². The molecule has 0 aliphatic rings. The number of aryl methyl sites for hydroxylation is 1. The molecule has 0 saturated carbocycles. The molecular formula is C13H14F2N2S. The average Bonchev–Trinajstić information content (AvgIpc) is 2.75. The van der Waals surface area contributed by atoms with E-state index < -0.39 is 11.6 Å². The molecule has 1 atom stereocenters. The lowest BCUT2D eigenvalue weighted by molar-refractivity contribution is 0.527. The van der Waals surface area contributed by atoms with Crippen molar-refractivity contribution in [3.05, 3.63) is 57.3 Å². The van der Waals surface area contributed by atoms with Crippen LogP contribution in [0.5, 0.6) is 0 Å². The van der Waals surface area contributed by atoms with Gasteiger partial charge in [-0.25, -0.2) is 8.78 Å². The first kappa shape index (κ1) is 13.1. The van der Waals surface area contributed by atoms with Gasteiger partial charge in [0.25, 0.3) is 0 Å². The van der Waals surface area contributed by atoms with Crippen molar-refractivity contribution in [2.45, 2.75) is 19.4 Å². The summed E-state index contributed by atoms with van der Waals surface area (Å²) in [6.45, 7) is 2.00. The molecule has 18 heavy (non-hydrogen) atoms. The second-order valence-corrected chi connectivity index (χ2v) is 5.43. The molecule has 0 aliphatic carbocycles. The molecule has 2 nitrogen and oxygen atoms in total. The van der Waals surface area contributed by atoms with Crippen molar-refractivity contribution in [3.63, 3.8) is 0 Å². The maximum absolute atomic E-state index is 13.6. The Bertz CT molecular complexity index is 540. The average molecular weight is 268 g/mol. The fourth-order valence-corrected chi connectivity index (χ4v) is 2.73. The van der Waals surface area contributed by atoms with Gasteiger partial charge in [-0.15, -0.1) is 11.3 Å². The zero-order chi connectivity index (χ0) is 13.1. The van der Waals surface area contributed by atoms with E-state index >= 15 is 0 Å². The van der Waals surface area contributed by atoms with Gasteiger partial charge in [-0.05, 0) is 37.1 Å². The Balaban J connectivity index is 2.20. The van der Waals surface area contributed by atoms with Crippen LogP contribution in [0.2, 0.25) is 0 Å². The number of nitrogens with two attached hydrogens (primary N) is 1. The molecule has 3 N–H and O–H groups in total. The molecule has 1 unspecified atom stereocenters. The minimum Gasteiger partial charge on any atom is -0.271 e. The van der Waals surface area contributed by atoms with Gasteiger partial charge in [0.05, 0.1) is 6.04 Å². The van der Waals surface area contributed by atoms with E-state index in [0.717, 1.165) is 10.9 Å². The van der Waals surface area contributed by atoms with Gasteiger partial charge >= 0.3 is 0 Å². The third kappa shape index (κ3) is 2.93. The monoisotopic (exact) mass is 268 g/mol. The summed E-state index contributed by atoms with van der Waals surface area (Å²) in [6.07, 6.45) is 0.391. The van der Waals surface area contributed by atoms with Gasteiger partial charge in [0.1, 0.15) is 11.6 Å². The van der Waals surface area contributed by atoms with Gasteiger partial charge < -0.3 is 0 Å². The van der Waals surface area contributed by atoms with E-state index in [0.29, 0.717) is 12.0 Å². The molecule has 0 fully saturated rings. The van der Waals surface area contributed by atoms with Crippen LogP contribution in [-0.2, 0) is 6.42 Å². The zero-order valence-corrected chi connectivity index (χ0v) is 10.7. The van der Waals surface area contributed by atoms with Crippen LogP contribution < -0.4 is 11.3 Å². The standard InChI is InChI=1S/C13H14F2N2S/c1-8-2-5-13(18-8)12(17-16)6-9-3-4-10(14)7-11(9)15/h2-5,7,12,17H,6,16H2,1H3. The number of hydrogen-bond donors (Lipinski definition) is 2. The Kier molecular flexibility index (Phi) is 4.06. The number of benzene rings is 1. The largest absolute Gasteiger partial charge is 0.271 e. The minimum absolute atomic E-state index is 0.163. The third-order valence-electron chi connectivity index (χ3n) is 2.74. The topological polar surface area (TPSA) is 38.0 Å². The van der Waals surface area contributed by atoms with E-state index in [1.165, 1.54) is 17.0 Å². The Morgan fingerprint density at radius 1 is 1.28 bits per heavy atom. The van der Waals surface area contributed by atoms with E-state index in [1.54, 1.807) is 11.3 Å². The van der Waals surface area contributed by atoms with Crippen molar-refractivity contribution in [2.24, 2.45) is 5.84 Å². The van der Waals surface area contributed by atoms with E-state index in [-0.39, 0.29) is 6.04 Å². The van der Waals surface area contributed by atoms with Gasteiger partial charge in [-0.1, -0.05) is 6.07 Å². The quantitative estimate of drug-likeness (QED) is 0.660. The highest BCUT2D eigenvalue weighted by molar-refractivity contribution is 7.12. The molecule has 1 aromatic heterocycles. The summed E-state index contributed by atoms with van der Waals surface area (Å²) in [5.74, 6) is 4.39. The van der Waals surface area contributed by atoms with E-state index in [9.17, 15) is 8.78 Å². The van der Waals surface area contributed by atoms with Crippen LogP contribution in [-0.4, -0.2) is 0 Å². The highest BCUT2D eigenvalue weighted by Gasteiger charge is 2.15. The van der Waals surface area contributed by atoms with E-state index in [1.807, 2.05) is 19.1 Å². The molecule has 0 aliphatic heterocycles. The summed E-state index contributed by atoms with van der Waals surface area (Å²) in [5, 5.41) is 0. The molecule has 2 rings (SSSR count). The molecule has 0 amide bonds. The molecule has 1 heterocycles. The van der Waals surface area contributed by atoms with Crippen molar-refractivity contribution < 1.29 is 8.78 Å². The smallest absolute Gasteiger partial charge is 0.129 e. The second-order valence-electron chi connectivity index (χ2n) is 4.11. The van der Waals surface area contributed by atoms with Crippen molar-refractivity contribution >= 4 is 11.3 Å². The lowest BCUT2D eigenvalue weighted by Gasteiger charge is -2.14. The number of hydrogen-bond acceptors (Lipinski definition) is 3. The maximum atomic E-state index is 13.6. The number of halogens is 2. The normalized spacial score (nSPS) is 12.7. The Morgan fingerprint density at radius 2 is 2.06 bits per heavy atom. The van der Waals surface area contributed by atoms with Crippen LogP contribution in [0.15, 0.2) is 30.3 Å². The summed E-state index contributed by atoms with van der Waals surface area (Å²) in [5.41, 5.74) is 3.12. The van der Waals surface area contributed by atoms with E-state index in [2.05, 4.69) is 5.43 Å². The van der Waals surface area contributed by atoms with Crippen LogP contribution in [0.1, 0.15) is 21.4 Å². The minimum atomic E-state index is -0.569. The van der Waals surface area contributed by atoms with Crippen molar-refractivity contribution in [3.8, 4) is 0 Å². The lowest BCUT2D eigenvalue weighted by Crippen LogP contribution is -2.29. The number of nitrogens with one attached hydrogen (secondary N) is 1.